The van der Waals surface area contributed by atoms with Crippen LogP contribution < -0.4 is 10.4 Å². The summed E-state index contributed by atoms with van der Waals surface area (Å²) in [5.41, 5.74) is 1.04. The van der Waals surface area contributed by atoms with Crippen LogP contribution in [-0.2, 0) is 0 Å². The summed E-state index contributed by atoms with van der Waals surface area (Å²) in [6, 6.07) is 19.1. The highest BCUT2D eigenvalue weighted by atomic mass is 79.9. The molecule has 3 nitrogen and oxygen atoms in total. The van der Waals surface area contributed by atoms with Gasteiger partial charge < -0.3 is 9.15 Å². The molecule has 0 bridgehead atoms. The standard InChI is InChI=1S/C24H13BrClFO3/c25-14-10-8-13(9-11-14)20-12-16(21-17(26)5-3-6-18(21)27)22-23(29-20)15-4-1-2-7-19(15)30-24(22)28/h1-12,16H. The Hall–Kier alpha value is -2.89. The van der Waals surface area contributed by atoms with E-state index in [-0.39, 0.29) is 16.1 Å². The van der Waals surface area contributed by atoms with E-state index in [4.69, 9.17) is 20.8 Å². The van der Waals surface area contributed by atoms with Gasteiger partial charge in [0, 0.05) is 26.5 Å². The maximum absolute atomic E-state index is 14.9. The van der Waals surface area contributed by atoms with Gasteiger partial charge in [-0.05, 0) is 42.5 Å². The molecule has 1 aliphatic rings. The molecular formula is C24H13BrClFO3. The fourth-order valence-electron chi connectivity index (χ4n) is 3.70. The van der Waals surface area contributed by atoms with E-state index in [9.17, 15) is 9.18 Å². The maximum Gasteiger partial charge on any atom is 0.344 e. The number of fused-ring (bicyclic) bond motifs is 3. The average molecular weight is 484 g/mol. The second-order valence-corrected chi connectivity index (χ2v) is 8.20. The van der Waals surface area contributed by atoms with Crippen LogP contribution in [0.5, 0.6) is 5.75 Å². The first-order valence-corrected chi connectivity index (χ1v) is 10.4. The highest BCUT2D eigenvalue weighted by molar-refractivity contribution is 9.10. The van der Waals surface area contributed by atoms with E-state index in [1.165, 1.54) is 12.1 Å². The number of hydrogen-bond acceptors (Lipinski definition) is 3. The van der Waals surface area contributed by atoms with Gasteiger partial charge in [0.15, 0.2) is 0 Å². The molecule has 0 saturated heterocycles. The van der Waals surface area contributed by atoms with Crippen molar-refractivity contribution in [3.63, 3.8) is 0 Å². The van der Waals surface area contributed by atoms with Crippen molar-refractivity contribution in [1.29, 1.82) is 0 Å². The molecule has 30 heavy (non-hydrogen) atoms. The quantitative estimate of drug-likeness (QED) is 0.291. The van der Waals surface area contributed by atoms with Crippen LogP contribution in [0, 0.1) is 5.82 Å². The summed E-state index contributed by atoms with van der Waals surface area (Å²) in [6.07, 6.45) is 1.71. The van der Waals surface area contributed by atoms with E-state index in [0.717, 1.165) is 10.0 Å². The molecule has 1 atom stereocenters. The predicted molar refractivity (Wildman–Crippen MR) is 118 cm³/mol. The van der Waals surface area contributed by atoms with Crippen LogP contribution in [0.3, 0.4) is 0 Å². The van der Waals surface area contributed by atoms with Crippen LogP contribution in [0.4, 0.5) is 4.39 Å². The molecule has 3 aromatic carbocycles. The van der Waals surface area contributed by atoms with E-state index < -0.39 is 17.4 Å². The Bertz CT molecular complexity index is 1360. The molecule has 0 saturated carbocycles. The molecular weight excluding hydrogens is 471 g/mol. The van der Waals surface area contributed by atoms with Crippen LogP contribution >= 0.6 is 27.5 Å². The van der Waals surface area contributed by atoms with Crippen molar-refractivity contribution < 1.29 is 13.5 Å². The lowest BCUT2D eigenvalue weighted by Crippen LogP contribution is -2.20. The Kier molecular flexibility index (Phi) is 4.72. The molecule has 0 fully saturated rings. The number of benzene rings is 3. The van der Waals surface area contributed by atoms with Gasteiger partial charge in [-0.2, -0.15) is 0 Å². The van der Waals surface area contributed by atoms with Gasteiger partial charge in [-0.25, -0.2) is 9.18 Å². The number of rotatable bonds is 2. The summed E-state index contributed by atoms with van der Waals surface area (Å²) in [5.74, 6) is -0.400. The Morgan fingerprint density at radius 1 is 0.933 bits per heavy atom. The fraction of sp³-hybridized carbons (Fsp3) is 0.0417. The van der Waals surface area contributed by atoms with Crippen LogP contribution in [0.2, 0.25) is 5.02 Å². The van der Waals surface area contributed by atoms with Crippen molar-refractivity contribution in [2.75, 3.05) is 0 Å². The van der Waals surface area contributed by atoms with E-state index in [0.29, 0.717) is 22.5 Å². The molecule has 1 unspecified atom stereocenters. The summed E-state index contributed by atoms with van der Waals surface area (Å²) in [4.78, 5) is 12.9. The normalized spacial score (nSPS) is 15.4. The number of para-hydroxylation sites is 1. The highest BCUT2D eigenvalue weighted by Gasteiger charge is 2.32. The zero-order valence-electron chi connectivity index (χ0n) is 15.4. The maximum atomic E-state index is 14.9. The van der Waals surface area contributed by atoms with Gasteiger partial charge in [0.05, 0.1) is 10.9 Å². The van der Waals surface area contributed by atoms with E-state index >= 15 is 0 Å². The zero-order chi connectivity index (χ0) is 20.8. The number of hydrogen-bond donors (Lipinski definition) is 0. The minimum absolute atomic E-state index is 0.209. The van der Waals surface area contributed by atoms with E-state index in [2.05, 4.69) is 15.9 Å². The lowest BCUT2D eigenvalue weighted by Gasteiger charge is -2.26. The molecule has 0 radical (unpaired) electrons. The molecule has 5 rings (SSSR count). The Morgan fingerprint density at radius 2 is 1.70 bits per heavy atom. The Morgan fingerprint density at radius 3 is 2.47 bits per heavy atom. The predicted octanol–water partition coefficient (Wildman–Crippen LogP) is 6.91. The van der Waals surface area contributed by atoms with Crippen molar-refractivity contribution in [2.24, 2.45) is 0 Å². The first kappa shape index (κ1) is 19.1. The third kappa shape index (κ3) is 3.15. The van der Waals surface area contributed by atoms with E-state index in [1.54, 1.807) is 24.3 Å². The van der Waals surface area contributed by atoms with Crippen molar-refractivity contribution in [2.45, 2.75) is 5.92 Å². The molecule has 0 aliphatic carbocycles. The minimum Gasteiger partial charge on any atom is -0.456 e. The molecule has 1 aromatic heterocycles. The SMILES string of the molecule is O=c1oc2ccccc2c2c1C(c1c(F)cccc1Cl)C=C(c1ccc(Br)cc1)O2. The first-order chi connectivity index (χ1) is 14.5. The van der Waals surface area contributed by atoms with E-state index in [1.807, 2.05) is 36.4 Å². The van der Waals surface area contributed by atoms with Gasteiger partial charge in [-0.3, -0.25) is 0 Å². The Labute approximate surface area is 184 Å². The summed E-state index contributed by atoms with van der Waals surface area (Å²) < 4.78 is 27.5. The second kappa shape index (κ2) is 7.42. The number of halogens is 3. The number of ether oxygens (including phenoxy) is 1. The molecule has 0 N–H and O–H groups in total. The minimum atomic E-state index is -0.762. The van der Waals surface area contributed by atoms with Crippen LogP contribution in [0.25, 0.3) is 16.7 Å². The topological polar surface area (TPSA) is 39.4 Å². The van der Waals surface area contributed by atoms with Gasteiger partial charge >= 0.3 is 5.63 Å². The average Bonchev–Trinajstić information content (AvgIpc) is 2.74. The molecule has 2 heterocycles. The molecule has 0 spiro atoms. The third-order valence-corrected chi connectivity index (χ3v) is 5.94. The summed E-state index contributed by atoms with van der Waals surface area (Å²) in [5, 5.41) is 0.860. The van der Waals surface area contributed by atoms with Crippen molar-refractivity contribution >= 4 is 44.3 Å². The smallest absolute Gasteiger partial charge is 0.344 e. The lowest BCUT2D eigenvalue weighted by atomic mass is 9.87. The molecule has 1 aliphatic heterocycles. The fourth-order valence-corrected chi connectivity index (χ4v) is 4.24. The van der Waals surface area contributed by atoms with Gasteiger partial charge in [0.2, 0.25) is 0 Å². The first-order valence-electron chi connectivity index (χ1n) is 9.18. The number of allylic oxidation sites excluding steroid dienone is 1. The molecule has 4 aromatic rings. The summed E-state index contributed by atoms with van der Waals surface area (Å²) in [7, 11) is 0. The molecule has 6 heteroatoms. The van der Waals surface area contributed by atoms with Crippen molar-refractivity contribution in [3.8, 4) is 5.75 Å². The Balaban J connectivity index is 1.83. The third-order valence-electron chi connectivity index (χ3n) is 5.08. The largest absolute Gasteiger partial charge is 0.456 e. The van der Waals surface area contributed by atoms with Gasteiger partial charge in [-0.15, -0.1) is 0 Å². The van der Waals surface area contributed by atoms with Gasteiger partial charge in [0.25, 0.3) is 0 Å². The summed E-state index contributed by atoms with van der Waals surface area (Å²) in [6.45, 7) is 0. The lowest BCUT2D eigenvalue weighted by molar-refractivity contribution is 0.469. The summed E-state index contributed by atoms with van der Waals surface area (Å²) >= 11 is 9.79. The molecule has 0 amide bonds. The van der Waals surface area contributed by atoms with Gasteiger partial charge in [-0.1, -0.05) is 57.9 Å². The molecule has 148 valence electrons. The second-order valence-electron chi connectivity index (χ2n) is 6.88. The zero-order valence-corrected chi connectivity index (χ0v) is 17.7. The van der Waals surface area contributed by atoms with Crippen LogP contribution in [0.1, 0.15) is 22.6 Å². The van der Waals surface area contributed by atoms with Gasteiger partial charge in [0.1, 0.15) is 22.9 Å². The monoisotopic (exact) mass is 482 g/mol. The van der Waals surface area contributed by atoms with Crippen LogP contribution in [0.15, 0.2) is 86.5 Å². The van der Waals surface area contributed by atoms with Crippen molar-refractivity contribution in [1.82, 2.24) is 0 Å². The van der Waals surface area contributed by atoms with Crippen molar-refractivity contribution in [3.05, 3.63) is 115 Å². The highest BCUT2D eigenvalue weighted by Crippen LogP contribution is 2.45. The van der Waals surface area contributed by atoms with Crippen LogP contribution in [-0.4, -0.2) is 0 Å².